The first-order chi connectivity index (χ1) is 8.87. The number of rotatable bonds is 7. The first kappa shape index (κ1) is 16.5. The van der Waals surface area contributed by atoms with Gasteiger partial charge >= 0.3 is 0 Å². The van der Waals surface area contributed by atoms with E-state index in [2.05, 4.69) is 22.6 Å². The lowest BCUT2D eigenvalue weighted by Gasteiger charge is -2.11. The van der Waals surface area contributed by atoms with Crippen LogP contribution in [0, 0.1) is 3.57 Å². The molecule has 0 bridgehead atoms. The molecular weight excluding hydrogens is 383 g/mol. The number of ether oxygens (including phenoxy) is 2. The highest BCUT2D eigenvalue weighted by molar-refractivity contribution is 14.1. The Morgan fingerprint density at radius 1 is 1.16 bits per heavy atom. The van der Waals surface area contributed by atoms with Gasteiger partial charge in [0.1, 0.15) is 0 Å². The van der Waals surface area contributed by atoms with Crippen molar-refractivity contribution in [2.45, 2.75) is 12.8 Å². The molecular formula is C12H17IO5S. The van der Waals surface area contributed by atoms with Gasteiger partial charge in [-0.15, -0.1) is 0 Å². The predicted octanol–water partition coefficient (Wildman–Crippen LogP) is 2.22. The second-order valence-electron chi connectivity index (χ2n) is 3.93. The molecule has 0 N–H and O–H groups in total. The lowest BCUT2D eigenvalue weighted by molar-refractivity contribution is 0.315. The Morgan fingerprint density at radius 3 is 2.26 bits per heavy atom. The molecule has 0 aliphatic rings. The molecule has 0 saturated carbocycles. The molecule has 0 amide bonds. The van der Waals surface area contributed by atoms with Crippen molar-refractivity contribution in [3.63, 3.8) is 0 Å². The zero-order valence-electron chi connectivity index (χ0n) is 11.1. The summed E-state index contributed by atoms with van der Waals surface area (Å²) in [6.45, 7) is 0.184. The lowest BCUT2D eigenvalue weighted by Crippen LogP contribution is -2.05. The Bertz CT molecular complexity index is 527. The fraction of sp³-hybridized carbons (Fsp3) is 0.500. The molecule has 7 heteroatoms. The maximum absolute atomic E-state index is 10.8. The summed E-state index contributed by atoms with van der Waals surface area (Å²) in [5.41, 5.74) is 1.08. The number of aryl methyl sites for hydroxylation is 1. The topological polar surface area (TPSA) is 61.8 Å². The molecule has 0 aromatic heterocycles. The number of hydrogen-bond donors (Lipinski definition) is 0. The van der Waals surface area contributed by atoms with Gasteiger partial charge in [-0.25, -0.2) is 0 Å². The second kappa shape index (κ2) is 7.30. The van der Waals surface area contributed by atoms with Crippen molar-refractivity contribution in [1.82, 2.24) is 0 Å². The zero-order valence-corrected chi connectivity index (χ0v) is 14.1. The van der Waals surface area contributed by atoms with Gasteiger partial charge in [0.2, 0.25) is 0 Å². The summed E-state index contributed by atoms with van der Waals surface area (Å²) in [5.74, 6) is 1.35. The molecule has 0 saturated heterocycles. The lowest BCUT2D eigenvalue weighted by atomic mass is 10.1. The molecule has 0 aliphatic carbocycles. The molecule has 108 valence electrons. The third-order valence-corrected chi connectivity index (χ3v) is 4.04. The fourth-order valence-corrected chi connectivity index (χ4v) is 2.69. The van der Waals surface area contributed by atoms with Crippen molar-refractivity contribution in [2.75, 3.05) is 27.1 Å². The Morgan fingerprint density at radius 2 is 1.74 bits per heavy atom. The van der Waals surface area contributed by atoms with Crippen LogP contribution >= 0.6 is 22.6 Å². The second-order valence-corrected chi connectivity index (χ2v) is 6.73. The summed E-state index contributed by atoms with van der Waals surface area (Å²) in [6.07, 6.45) is 2.39. The van der Waals surface area contributed by atoms with Crippen LogP contribution < -0.4 is 9.47 Å². The largest absolute Gasteiger partial charge is 0.493 e. The van der Waals surface area contributed by atoms with E-state index in [1.165, 1.54) is 0 Å². The molecule has 5 nitrogen and oxygen atoms in total. The van der Waals surface area contributed by atoms with Gasteiger partial charge in [0.05, 0.1) is 27.1 Å². The zero-order chi connectivity index (χ0) is 14.5. The van der Waals surface area contributed by atoms with E-state index in [1.807, 2.05) is 12.1 Å². The van der Waals surface area contributed by atoms with Gasteiger partial charge in [-0.3, -0.25) is 4.18 Å². The first-order valence-electron chi connectivity index (χ1n) is 5.62. The van der Waals surface area contributed by atoms with E-state index in [4.69, 9.17) is 13.7 Å². The fourth-order valence-electron chi connectivity index (χ4n) is 1.56. The highest BCUT2D eigenvalue weighted by Crippen LogP contribution is 2.31. The van der Waals surface area contributed by atoms with Gasteiger partial charge in [0.25, 0.3) is 10.1 Å². The van der Waals surface area contributed by atoms with Crippen LogP contribution in [0.15, 0.2) is 12.1 Å². The van der Waals surface area contributed by atoms with Gasteiger partial charge in [0.15, 0.2) is 11.5 Å². The summed E-state index contributed by atoms with van der Waals surface area (Å²) in [5, 5.41) is 0. The van der Waals surface area contributed by atoms with Crippen molar-refractivity contribution < 1.29 is 22.1 Å². The van der Waals surface area contributed by atoms with Gasteiger partial charge in [-0.1, -0.05) is 0 Å². The first-order valence-corrected chi connectivity index (χ1v) is 8.51. The van der Waals surface area contributed by atoms with Crippen molar-refractivity contribution in [3.8, 4) is 11.5 Å². The molecule has 19 heavy (non-hydrogen) atoms. The Hall–Kier alpha value is -0.540. The SMILES string of the molecule is COc1cc(I)c(CCCOS(C)(=O)=O)cc1OC. The van der Waals surface area contributed by atoms with Gasteiger partial charge in [0, 0.05) is 3.57 Å². The average molecular weight is 400 g/mol. The third kappa shape index (κ3) is 5.53. The van der Waals surface area contributed by atoms with Gasteiger partial charge in [-0.2, -0.15) is 8.42 Å². The van der Waals surface area contributed by atoms with Crippen LogP contribution in [0.2, 0.25) is 0 Å². The molecule has 0 radical (unpaired) electrons. The Kier molecular flexibility index (Phi) is 6.34. The van der Waals surface area contributed by atoms with Gasteiger partial charge in [-0.05, 0) is 53.1 Å². The molecule has 0 atom stereocenters. The minimum Gasteiger partial charge on any atom is -0.493 e. The molecule has 1 aromatic rings. The maximum Gasteiger partial charge on any atom is 0.264 e. The van der Waals surface area contributed by atoms with Crippen LogP contribution in [0.25, 0.3) is 0 Å². The minimum atomic E-state index is -3.36. The van der Waals surface area contributed by atoms with Crippen LogP contribution in [0.1, 0.15) is 12.0 Å². The van der Waals surface area contributed by atoms with Crippen LogP contribution in [0.3, 0.4) is 0 Å². The van der Waals surface area contributed by atoms with E-state index >= 15 is 0 Å². The quantitative estimate of drug-likeness (QED) is 0.399. The number of methoxy groups -OCH3 is 2. The molecule has 1 aromatic carbocycles. The van der Waals surface area contributed by atoms with Crippen molar-refractivity contribution in [2.24, 2.45) is 0 Å². The summed E-state index contributed by atoms with van der Waals surface area (Å²) in [7, 11) is -0.183. The number of halogens is 1. The van der Waals surface area contributed by atoms with Crippen LogP contribution in [0.4, 0.5) is 0 Å². The average Bonchev–Trinajstić information content (AvgIpc) is 2.34. The van der Waals surface area contributed by atoms with E-state index in [1.54, 1.807) is 14.2 Å². The number of hydrogen-bond acceptors (Lipinski definition) is 5. The molecule has 0 heterocycles. The Labute approximate surface area is 127 Å². The summed E-state index contributed by atoms with van der Waals surface area (Å²) in [4.78, 5) is 0. The minimum absolute atomic E-state index is 0.184. The molecule has 0 fully saturated rings. The molecule has 0 aliphatic heterocycles. The maximum atomic E-state index is 10.8. The van der Waals surface area contributed by atoms with Crippen LogP contribution in [-0.4, -0.2) is 35.5 Å². The molecule has 1 rings (SSSR count). The van der Waals surface area contributed by atoms with Gasteiger partial charge < -0.3 is 9.47 Å². The van der Waals surface area contributed by atoms with E-state index < -0.39 is 10.1 Å². The standard InChI is InChI=1S/C12H17IO5S/c1-16-11-7-9(10(13)8-12(11)17-2)5-4-6-18-19(3,14)15/h7-8H,4-6H2,1-3H3. The van der Waals surface area contributed by atoms with Crippen molar-refractivity contribution in [1.29, 1.82) is 0 Å². The van der Waals surface area contributed by atoms with Crippen molar-refractivity contribution >= 4 is 32.7 Å². The highest BCUT2D eigenvalue weighted by Gasteiger charge is 2.10. The summed E-state index contributed by atoms with van der Waals surface area (Å²) < 4.78 is 37.9. The molecule has 0 spiro atoms. The predicted molar refractivity (Wildman–Crippen MR) is 81.4 cm³/mol. The Balaban J connectivity index is 2.68. The normalized spacial score (nSPS) is 11.4. The van der Waals surface area contributed by atoms with E-state index in [9.17, 15) is 8.42 Å². The third-order valence-electron chi connectivity index (χ3n) is 2.44. The highest BCUT2D eigenvalue weighted by atomic mass is 127. The van der Waals surface area contributed by atoms with E-state index in [0.29, 0.717) is 24.3 Å². The van der Waals surface area contributed by atoms with E-state index in [-0.39, 0.29) is 6.61 Å². The number of benzene rings is 1. The van der Waals surface area contributed by atoms with Crippen LogP contribution in [0.5, 0.6) is 11.5 Å². The monoisotopic (exact) mass is 400 g/mol. The summed E-state index contributed by atoms with van der Waals surface area (Å²) >= 11 is 2.22. The summed E-state index contributed by atoms with van der Waals surface area (Å²) in [6, 6.07) is 3.80. The van der Waals surface area contributed by atoms with Crippen LogP contribution in [-0.2, 0) is 20.7 Å². The van der Waals surface area contributed by atoms with E-state index in [0.717, 1.165) is 15.4 Å². The molecule has 0 unspecified atom stereocenters. The smallest absolute Gasteiger partial charge is 0.264 e. The van der Waals surface area contributed by atoms with Crippen molar-refractivity contribution in [3.05, 3.63) is 21.3 Å².